The van der Waals surface area contributed by atoms with Crippen LogP contribution in [0.3, 0.4) is 0 Å². The second kappa shape index (κ2) is 5.40. The fourth-order valence-corrected chi connectivity index (χ4v) is 2.95. The number of hydrogen-bond acceptors (Lipinski definition) is 2. The quantitative estimate of drug-likeness (QED) is 0.638. The predicted molar refractivity (Wildman–Crippen MR) is 85.5 cm³/mol. The van der Waals surface area contributed by atoms with E-state index in [1.165, 1.54) is 6.07 Å². The van der Waals surface area contributed by atoms with E-state index in [0.717, 1.165) is 16.9 Å². The van der Waals surface area contributed by atoms with Crippen LogP contribution >= 0.6 is 0 Å². The zero-order valence-corrected chi connectivity index (χ0v) is 12.9. The van der Waals surface area contributed by atoms with Gasteiger partial charge in [0.05, 0.1) is 16.9 Å². The molecule has 0 N–H and O–H groups in total. The monoisotopic (exact) mass is 299 g/mol. The van der Waals surface area contributed by atoms with E-state index in [9.17, 15) is 9.18 Å². The van der Waals surface area contributed by atoms with Crippen molar-refractivity contribution >= 4 is 10.9 Å². The van der Waals surface area contributed by atoms with Gasteiger partial charge in [0.15, 0.2) is 0 Å². The molecule has 0 atom stereocenters. The predicted octanol–water partition coefficient (Wildman–Crippen LogP) is 3.35. The third kappa shape index (κ3) is 2.04. The Morgan fingerprint density at radius 3 is 2.55 bits per heavy atom. The van der Waals surface area contributed by atoms with Crippen LogP contribution in [0.25, 0.3) is 22.3 Å². The molecular weight excluding hydrogens is 281 g/mol. The molecule has 0 unspecified atom stereocenters. The van der Waals surface area contributed by atoms with Gasteiger partial charge in [-0.25, -0.2) is 9.18 Å². The van der Waals surface area contributed by atoms with Crippen LogP contribution in [0.4, 0.5) is 4.39 Å². The summed E-state index contributed by atoms with van der Waals surface area (Å²) in [6.07, 6.45) is 0. The molecule has 4 nitrogen and oxygen atoms in total. The number of rotatable bonds is 0. The maximum Gasteiger partial charge on any atom is 0.348 e. The van der Waals surface area contributed by atoms with Gasteiger partial charge in [-0.1, -0.05) is 19.9 Å². The summed E-state index contributed by atoms with van der Waals surface area (Å²) >= 11 is 0. The highest BCUT2D eigenvalue weighted by atomic mass is 19.1. The lowest BCUT2D eigenvalue weighted by Gasteiger charge is -2.21. The Kier molecular flexibility index (Phi) is 3.56. The van der Waals surface area contributed by atoms with Gasteiger partial charge in [-0.05, 0) is 31.2 Å². The minimum Gasteiger partial charge on any atom is -0.337 e. The molecule has 0 amide bonds. The zero-order chi connectivity index (χ0) is 15.9. The number of benzene rings is 1. The Hall–Kier alpha value is -2.43. The summed E-state index contributed by atoms with van der Waals surface area (Å²) in [4.78, 5) is 15.9. The number of aryl methyl sites for hydroxylation is 2. The Bertz CT molecular complexity index is 908. The molecule has 5 heteroatoms. The van der Waals surface area contributed by atoms with Crippen LogP contribution in [-0.4, -0.2) is 14.1 Å². The van der Waals surface area contributed by atoms with Gasteiger partial charge in [-0.3, -0.25) is 4.57 Å². The average molecular weight is 299 g/mol. The Balaban J connectivity index is 0.000000693. The lowest BCUT2D eigenvalue weighted by molar-refractivity contribution is 0.543. The first-order valence-electron chi connectivity index (χ1n) is 7.52. The van der Waals surface area contributed by atoms with Gasteiger partial charge >= 0.3 is 5.69 Å². The van der Waals surface area contributed by atoms with Crippen LogP contribution in [-0.2, 0) is 13.1 Å². The summed E-state index contributed by atoms with van der Waals surface area (Å²) in [6.45, 7) is 7.01. The first-order chi connectivity index (χ1) is 10.6. The normalized spacial score (nSPS) is 12.4. The van der Waals surface area contributed by atoms with E-state index in [-0.39, 0.29) is 11.5 Å². The van der Waals surface area contributed by atoms with Crippen molar-refractivity contribution in [3.63, 3.8) is 0 Å². The minimum atomic E-state index is -0.239. The van der Waals surface area contributed by atoms with Crippen molar-refractivity contribution in [3.8, 4) is 11.4 Å². The van der Waals surface area contributed by atoms with Gasteiger partial charge in [0.25, 0.3) is 0 Å². The van der Waals surface area contributed by atoms with Crippen molar-refractivity contribution in [1.82, 2.24) is 14.1 Å². The molecule has 22 heavy (non-hydrogen) atoms. The molecule has 1 aromatic carbocycles. The molecule has 0 spiro atoms. The molecule has 0 saturated heterocycles. The van der Waals surface area contributed by atoms with Crippen LogP contribution < -0.4 is 5.69 Å². The highest BCUT2D eigenvalue weighted by Gasteiger charge is 2.21. The van der Waals surface area contributed by atoms with E-state index in [0.29, 0.717) is 24.2 Å². The summed E-state index contributed by atoms with van der Waals surface area (Å²) in [5.74, 6) is -0.232. The summed E-state index contributed by atoms with van der Waals surface area (Å²) in [5, 5.41) is 0.595. The fourth-order valence-electron chi connectivity index (χ4n) is 2.95. The first kappa shape index (κ1) is 14.5. The molecule has 0 aliphatic carbocycles. The molecule has 1 aliphatic heterocycles. The van der Waals surface area contributed by atoms with Crippen molar-refractivity contribution in [1.29, 1.82) is 0 Å². The third-order valence-corrected chi connectivity index (χ3v) is 3.84. The van der Waals surface area contributed by atoms with E-state index in [4.69, 9.17) is 0 Å². The van der Waals surface area contributed by atoms with Gasteiger partial charge in [-0.2, -0.15) is 4.98 Å². The van der Waals surface area contributed by atoms with E-state index in [2.05, 4.69) is 9.55 Å². The van der Waals surface area contributed by atoms with Crippen LogP contribution in [0.15, 0.2) is 35.1 Å². The largest absolute Gasteiger partial charge is 0.348 e. The van der Waals surface area contributed by atoms with Crippen molar-refractivity contribution < 1.29 is 4.39 Å². The van der Waals surface area contributed by atoms with Crippen molar-refractivity contribution in [2.75, 3.05) is 0 Å². The lowest BCUT2D eigenvalue weighted by Crippen LogP contribution is -2.30. The van der Waals surface area contributed by atoms with Gasteiger partial charge in [0.2, 0.25) is 0 Å². The Labute approximate surface area is 127 Å². The summed E-state index contributed by atoms with van der Waals surface area (Å²) in [6, 6.07) is 8.77. The number of halogens is 1. The van der Waals surface area contributed by atoms with Crippen LogP contribution in [0.1, 0.15) is 19.5 Å². The molecule has 0 fully saturated rings. The van der Waals surface area contributed by atoms with E-state index < -0.39 is 0 Å². The highest BCUT2D eigenvalue weighted by molar-refractivity contribution is 5.87. The molecule has 0 saturated carbocycles. The van der Waals surface area contributed by atoms with Crippen LogP contribution in [0, 0.1) is 12.7 Å². The number of fused-ring (bicyclic) bond motifs is 5. The fraction of sp³-hybridized carbons (Fsp3) is 0.294. The zero-order valence-electron chi connectivity index (χ0n) is 12.9. The average Bonchev–Trinajstić information content (AvgIpc) is 2.90. The topological polar surface area (TPSA) is 39.8 Å². The summed E-state index contributed by atoms with van der Waals surface area (Å²) in [7, 11) is 0. The van der Waals surface area contributed by atoms with Gasteiger partial charge in [0, 0.05) is 24.2 Å². The summed E-state index contributed by atoms with van der Waals surface area (Å²) in [5.41, 5.74) is 2.99. The van der Waals surface area contributed by atoms with Crippen molar-refractivity contribution in [2.24, 2.45) is 0 Å². The van der Waals surface area contributed by atoms with Gasteiger partial charge in [0.1, 0.15) is 5.82 Å². The second-order valence-corrected chi connectivity index (χ2v) is 5.07. The maximum atomic E-state index is 13.9. The Morgan fingerprint density at radius 2 is 1.77 bits per heavy atom. The summed E-state index contributed by atoms with van der Waals surface area (Å²) < 4.78 is 17.6. The Morgan fingerprint density at radius 1 is 1.09 bits per heavy atom. The molecule has 2 aromatic heterocycles. The molecule has 4 rings (SSSR count). The van der Waals surface area contributed by atoms with E-state index in [1.807, 2.05) is 32.0 Å². The minimum absolute atomic E-state index is 0.232. The SMILES string of the molecule is CC.Cc1cc2n(c(=O)n1)CCn1c-2cc2c(F)cccc21. The van der Waals surface area contributed by atoms with Gasteiger partial charge in [-0.15, -0.1) is 0 Å². The molecule has 0 bridgehead atoms. The number of nitrogens with zero attached hydrogens (tertiary/aromatic N) is 3. The standard InChI is InChI=1S/C15H12FN3O.C2H6/c1-9-7-13-14-8-10-11(16)3-2-4-12(10)18(14)5-6-19(13)15(20)17-9;1-2/h2-4,7-8H,5-6H2,1H3;1-2H3. The maximum absolute atomic E-state index is 13.9. The third-order valence-electron chi connectivity index (χ3n) is 3.84. The van der Waals surface area contributed by atoms with Crippen LogP contribution in [0.5, 0.6) is 0 Å². The van der Waals surface area contributed by atoms with Gasteiger partial charge < -0.3 is 4.57 Å². The molecule has 0 radical (unpaired) electrons. The second-order valence-electron chi connectivity index (χ2n) is 5.07. The molecule has 114 valence electrons. The molecular formula is C17H18FN3O. The van der Waals surface area contributed by atoms with Crippen molar-refractivity contribution in [3.05, 3.63) is 52.3 Å². The number of aromatic nitrogens is 3. The lowest BCUT2D eigenvalue weighted by atomic mass is 10.2. The number of hydrogen-bond donors (Lipinski definition) is 0. The molecule has 3 aromatic rings. The van der Waals surface area contributed by atoms with E-state index in [1.54, 1.807) is 17.6 Å². The van der Waals surface area contributed by atoms with Crippen LogP contribution in [0.2, 0.25) is 0 Å². The highest BCUT2D eigenvalue weighted by Crippen LogP contribution is 2.31. The van der Waals surface area contributed by atoms with Crippen molar-refractivity contribution in [2.45, 2.75) is 33.9 Å². The molecule has 3 heterocycles. The first-order valence-corrected chi connectivity index (χ1v) is 7.52. The van der Waals surface area contributed by atoms with E-state index >= 15 is 0 Å². The smallest absolute Gasteiger partial charge is 0.337 e. The molecule has 1 aliphatic rings.